The molecule has 2 atom stereocenters. The number of halogens is 1. The Morgan fingerprint density at radius 1 is 1.31 bits per heavy atom. The maximum Gasteiger partial charge on any atom is 0.185 e. The van der Waals surface area contributed by atoms with Crippen molar-refractivity contribution in [2.24, 2.45) is 5.41 Å². The molecule has 1 heterocycles. The van der Waals surface area contributed by atoms with Gasteiger partial charge in [0.1, 0.15) is 0 Å². The van der Waals surface area contributed by atoms with E-state index in [1.165, 1.54) is 0 Å². The molecule has 0 radical (unpaired) electrons. The van der Waals surface area contributed by atoms with E-state index in [0.717, 1.165) is 5.56 Å². The van der Waals surface area contributed by atoms with Gasteiger partial charge in [0.05, 0.1) is 12.7 Å². The van der Waals surface area contributed by atoms with Crippen molar-refractivity contribution in [3.05, 3.63) is 34.9 Å². The number of hydrogen-bond donors (Lipinski definition) is 0. The first-order chi connectivity index (χ1) is 7.50. The van der Waals surface area contributed by atoms with Crippen LogP contribution in [0, 0.1) is 5.41 Å². The Balaban J connectivity index is 2.17. The van der Waals surface area contributed by atoms with Crippen molar-refractivity contribution < 1.29 is 9.47 Å². The zero-order valence-electron chi connectivity index (χ0n) is 9.87. The van der Waals surface area contributed by atoms with Gasteiger partial charge in [-0.15, -0.1) is 0 Å². The maximum absolute atomic E-state index is 6.12. The van der Waals surface area contributed by atoms with E-state index in [2.05, 4.69) is 20.8 Å². The predicted molar refractivity (Wildman–Crippen MR) is 64.5 cm³/mol. The van der Waals surface area contributed by atoms with Crippen molar-refractivity contribution in [2.75, 3.05) is 6.61 Å². The molecule has 2 rings (SSSR count). The van der Waals surface area contributed by atoms with Crippen molar-refractivity contribution in [3.8, 4) is 0 Å². The molecule has 0 unspecified atom stereocenters. The maximum atomic E-state index is 6.12. The molecule has 1 aliphatic rings. The Bertz CT molecular complexity index is 376. The predicted octanol–water partition coefficient (Wildman–Crippen LogP) is 3.80. The van der Waals surface area contributed by atoms with Gasteiger partial charge >= 0.3 is 0 Å². The van der Waals surface area contributed by atoms with Gasteiger partial charge in [-0.3, -0.25) is 0 Å². The highest BCUT2D eigenvalue weighted by molar-refractivity contribution is 6.31. The fourth-order valence-electron chi connectivity index (χ4n) is 1.65. The fraction of sp³-hybridized carbons (Fsp3) is 0.538. The summed E-state index contributed by atoms with van der Waals surface area (Å²) in [6.45, 7) is 7.04. The molecule has 0 aliphatic carbocycles. The molecule has 0 spiro atoms. The topological polar surface area (TPSA) is 18.5 Å². The fourth-order valence-corrected chi connectivity index (χ4v) is 1.87. The van der Waals surface area contributed by atoms with Crippen molar-refractivity contribution in [3.63, 3.8) is 0 Å². The average Bonchev–Trinajstić information content (AvgIpc) is 2.23. The van der Waals surface area contributed by atoms with Gasteiger partial charge < -0.3 is 9.47 Å². The Hall–Kier alpha value is -0.570. The molecule has 88 valence electrons. The van der Waals surface area contributed by atoms with Crippen LogP contribution in [0.3, 0.4) is 0 Å². The minimum Gasteiger partial charge on any atom is -0.348 e. The van der Waals surface area contributed by atoms with Gasteiger partial charge in [-0.05, 0) is 13.0 Å². The summed E-state index contributed by atoms with van der Waals surface area (Å²) in [6.07, 6.45) is -0.181. The Kier molecular flexibility index (Phi) is 3.24. The van der Waals surface area contributed by atoms with Crippen LogP contribution < -0.4 is 0 Å². The summed E-state index contributed by atoms with van der Waals surface area (Å²) in [4.78, 5) is 0. The standard InChI is InChI=1S/C13H17ClO2/c1-9-13(2,3)8-15-12(16-9)10-6-4-5-7-11(10)14/h4-7,9,12H,8H2,1-3H3/t9-,12+/m0/s1. The number of hydrogen-bond acceptors (Lipinski definition) is 2. The Morgan fingerprint density at radius 3 is 2.62 bits per heavy atom. The van der Waals surface area contributed by atoms with Crippen LogP contribution in [0.25, 0.3) is 0 Å². The van der Waals surface area contributed by atoms with Gasteiger partial charge in [0.25, 0.3) is 0 Å². The molecule has 1 fully saturated rings. The van der Waals surface area contributed by atoms with Crippen LogP contribution in [0.4, 0.5) is 0 Å². The quantitative estimate of drug-likeness (QED) is 0.743. The van der Waals surface area contributed by atoms with Crippen LogP contribution in [-0.2, 0) is 9.47 Å². The molecular formula is C13H17ClO2. The van der Waals surface area contributed by atoms with Crippen molar-refractivity contribution in [1.82, 2.24) is 0 Å². The molecule has 1 aromatic carbocycles. The second kappa shape index (κ2) is 4.36. The third-order valence-corrected chi connectivity index (χ3v) is 3.54. The summed E-state index contributed by atoms with van der Waals surface area (Å²) in [5.41, 5.74) is 0.962. The Labute approximate surface area is 102 Å². The minimum atomic E-state index is -0.336. The molecule has 1 aliphatic heterocycles. The van der Waals surface area contributed by atoms with Gasteiger partial charge in [-0.25, -0.2) is 0 Å². The van der Waals surface area contributed by atoms with E-state index in [9.17, 15) is 0 Å². The van der Waals surface area contributed by atoms with Crippen molar-refractivity contribution in [1.29, 1.82) is 0 Å². The third kappa shape index (κ3) is 2.24. The highest BCUT2D eigenvalue weighted by Gasteiger charge is 2.36. The lowest BCUT2D eigenvalue weighted by Crippen LogP contribution is -2.40. The minimum absolute atomic E-state index is 0.0533. The second-order valence-corrected chi connectivity index (χ2v) is 5.34. The number of rotatable bonds is 1. The van der Waals surface area contributed by atoms with Gasteiger partial charge in [-0.1, -0.05) is 43.6 Å². The van der Waals surface area contributed by atoms with Gasteiger partial charge in [-0.2, -0.15) is 0 Å². The van der Waals surface area contributed by atoms with Crippen molar-refractivity contribution in [2.45, 2.75) is 33.2 Å². The van der Waals surface area contributed by atoms with E-state index < -0.39 is 0 Å². The summed E-state index contributed by atoms with van der Waals surface area (Å²) < 4.78 is 11.6. The van der Waals surface area contributed by atoms with Gasteiger partial charge in [0.15, 0.2) is 6.29 Å². The van der Waals surface area contributed by atoms with Crippen LogP contribution in [-0.4, -0.2) is 12.7 Å². The number of ether oxygens (including phenoxy) is 2. The summed E-state index contributed by atoms with van der Waals surface area (Å²) in [5.74, 6) is 0. The molecule has 1 saturated heterocycles. The molecular weight excluding hydrogens is 224 g/mol. The molecule has 0 saturated carbocycles. The van der Waals surface area contributed by atoms with E-state index in [1.807, 2.05) is 24.3 Å². The molecule has 0 amide bonds. The zero-order valence-corrected chi connectivity index (χ0v) is 10.6. The highest BCUT2D eigenvalue weighted by Crippen LogP contribution is 2.37. The lowest BCUT2D eigenvalue weighted by atomic mass is 9.87. The molecule has 16 heavy (non-hydrogen) atoms. The van der Waals surface area contributed by atoms with E-state index in [-0.39, 0.29) is 17.8 Å². The molecule has 1 aromatic rings. The molecule has 0 N–H and O–H groups in total. The van der Waals surface area contributed by atoms with E-state index in [4.69, 9.17) is 21.1 Å². The van der Waals surface area contributed by atoms with Crippen LogP contribution in [0.15, 0.2) is 24.3 Å². The molecule has 2 nitrogen and oxygen atoms in total. The van der Waals surface area contributed by atoms with Gasteiger partial charge in [0.2, 0.25) is 0 Å². The lowest BCUT2D eigenvalue weighted by molar-refractivity contribution is -0.259. The molecule has 3 heteroatoms. The monoisotopic (exact) mass is 240 g/mol. The first-order valence-corrected chi connectivity index (χ1v) is 5.90. The Morgan fingerprint density at radius 2 is 2.00 bits per heavy atom. The first kappa shape index (κ1) is 11.9. The molecule has 0 aromatic heterocycles. The highest BCUT2D eigenvalue weighted by atomic mass is 35.5. The van der Waals surface area contributed by atoms with Gasteiger partial charge in [0, 0.05) is 16.0 Å². The van der Waals surface area contributed by atoms with Crippen LogP contribution in [0.2, 0.25) is 5.02 Å². The van der Waals surface area contributed by atoms with E-state index in [0.29, 0.717) is 11.6 Å². The first-order valence-electron chi connectivity index (χ1n) is 5.52. The number of benzene rings is 1. The van der Waals surface area contributed by atoms with E-state index >= 15 is 0 Å². The average molecular weight is 241 g/mol. The summed E-state index contributed by atoms with van der Waals surface area (Å²) in [7, 11) is 0. The molecule has 0 bridgehead atoms. The normalized spacial score (nSPS) is 29.0. The largest absolute Gasteiger partial charge is 0.348 e. The summed E-state index contributed by atoms with van der Waals surface area (Å²) in [5, 5.41) is 0.694. The van der Waals surface area contributed by atoms with Crippen molar-refractivity contribution >= 4 is 11.6 Å². The second-order valence-electron chi connectivity index (χ2n) is 4.93. The van der Waals surface area contributed by atoms with Crippen LogP contribution >= 0.6 is 11.6 Å². The third-order valence-electron chi connectivity index (χ3n) is 3.19. The lowest BCUT2D eigenvalue weighted by Gasteiger charge is -2.40. The van der Waals surface area contributed by atoms with E-state index in [1.54, 1.807) is 0 Å². The van der Waals surface area contributed by atoms with Crippen LogP contribution in [0.5, 0.6) is 0 Å². The SMILES string of the molecule is C[C@@H]1O[C@H](c2ccccc2Cl)OCC1(C)C. The smallest absolute Gasteiger partial charge is 0.185 e. The van der Waals surface area contributed by atoms with Crippen LogP contribution in [0.1, 0.15) is 32.6 Å². The summed E-state index contributed by atoms with van der Waals surface area (Å²) in [6, 6.07) is 7.65. The summed E-state index contributed by atoms with van der Waals surface area (Å²) >= 11 is 6.12. The zero-order chi connectivity index (χ0) is 11.8.